The van der Waals surface area contributed by atoms with E-state index in [-0.39, 0.29) is 29.9 Å². The van der Waals surface area contributed by atoms with E-state index in [0.29, 0.717) is 11.8 Å². The quantitative estimate of drug-likeness (QED) is 0.473. The van der Waals surface area contributed by atoms with Gasteiger partial charge in [0.1, 0.15) is 0 Å². The lowest BCUT2D eigenvalue weighted by Crippen LogP contribution is -2.23. The highest BCUT2D eigenvalue weighted by molar-refractivity contribution is 6.10. The third-order valence-corrected chi connectivity index (χ3v) is 6.26. The molecule has 2 spiro atoms. The fourth-order valence-corrected chi connectivity index (χ4v) is 5.89. The van der Waals surface area contributed by atoms with Gasteiger partial charge in [0.25, 0.3) is 0 Å². The number of rotatable bonds is 1. The number of cyclic esters (lactones) is 2. The van der Waals surface area contributed by atoms with E-state index in [1.165, 1.54) is 0 Å². The number of esters is 2. The average Bonchev–Trinajstić information content (AvgIpc) is 2.91. The zero-order valence-electron chi connectivity index (χ0n) is 8.03. The van der Waals surface area contributed by atoms with Gasteiger partial charge in [-0.05, 0) is 24.7 Å². The second kappa shape index (κ2) is 1.47. The van der Waals surface area contributed by atoms with Crippen molar-refractivity contribution in [3.8, 4) is 0 Å². The Morgan fingerprint density at radius 3 is 2.20 bits per heavy atom. The standard InChI is InChI=1S/C11H10O4/c12-3-9-4-1-10-6(9)11(10,2-5(4)9)8(14)15-7(10)13/h4-6,12H,1-3H2. The molecular weight excluding hydrogens is 196 g/mol. The molecule has 0 radical (unpaired) electrons. The SMILES string of the molecule is O=C1OC(=O)C23CC4C5CC12C3C54CO. The number of carbonyl (C=O) groups excluding carboxylic acids is 2. The first kappa shape index (κ1) is 7.39. The van der Waals surface area contributed by atoms with Crippen LogP contribution >= 0.6 is 0 Å². The van der Waals surface area contributed by atoms with Crippen molar-refractivity contribution in [2.45, 2.75) is 12.8 Å². The van der Waals surface area contributed by atoms with Gasteiger partial charge < -0.3 is 9.84 Å². The van der Waals surface area contributed by atoms with Gasteiger partial charge in [0.2, 0.25) is 0 Å². The first-order chi connectivity index (χ1) is 7.16. The highest BCUT2D eigenvalue weighted by Crippen LogP contribution is 3.02. The van der Waals surface area contributed by atoms with E-state index in [0.717, 1.165) is 12.8 Å². The zero-order chi connectivity index (χ0) is 10.2. The Labute approximate surface area is 85.6 Å². The molecule has 1 N–H and O–H groups in total. The minimum atomic E-state index is -0.480. The van der Waals surface area contributed by atoms with E-state index < -0.39 is 10.8 Å². The Morgan fingerprint density at radius 2 is 1.73 bits per heavy atom. The van der Waals surface area contributed by atoms with E-state index in [1.54, 1.807) is 0 Å². The van der Waals surface area contributed by atoms with Gasteiger partial charge in [0.15, 0.2) is 0 Å². The van der Waals surface area contributed by atoms with Crippen molar-refractivity contribution in [2.75, 3.05) is 6.61 Å². The molecule has 4 unspecified atom stereocenters. The Bertz CT molecular complexity index is 433. The minimum Gasteiger partial charge on any atom is -0.396 e. The van der Waals surface area contributed by atoms with Crippen molar-refractivity contribution >= 4 is 11.9 Å². The average molecular weight is 206 g/mol. The number of hydrogen-bond acceptors (Lipinski definition) is 4. The summed E-state index contributed by atoms with van der Waals surface area (Å²) < 4.78 is 4.79. The Balaban J connectivity index is 1.80. The van der Waals surface area contributed by atoms with Crippen LogP contribution in [0.15, 0.2) is 0 Å². The van der Waals surface area contributed by atoms with Gasteiger partial charge >= 0.3 is 11.9 Å². The fraction of sp³-hybridized carbons (Fsp3) is 0.818. The summed E-state index contributed by atoms with van der Waals surface area (Å²) in [6.07, 6.45) is 1.60. The van der Waals surface area contributed by atoms with Crippen LogP contribution in [0, 0.1) is 34.0 Å². The number of hydrogen-bond donors (Lipinski definition) is 1. The third-order valence-electron chi connectivity index (χ3n) is 6.26. The molecule has 0 aromatic rings. The summed E-state index contributed by atoms with van der Waals surface area (Å²) in [4.78, 5) is 23.5. The molecule has 4 saturated carbocycles. The van der Waals surface area contributed by atoms with Gasteiger partial charge in [0.05, 0.1) is 10.8 Å². The summed E-state index contributed by atoms with van der Waals surface area (Å²) >= 11 is 0. The number of fused-ring (bicyclic) bond motifs is 1. The summed E-state index contributed by atoms with van der Waals surface area (Å²) in [7, 11) is 0. The van der Waals surface area contributed by atoms with Gasteiger partial charge in [0, 0.05) is 17.9 Å². The predicted octanol–water partition coefficient (Wildman–Crippen LogP) is -0.296. The lowest BCUT2D eigenvalue weighted by Gasteiger charge is -2.16. The maximum Gasteiger partial charge on any atom is 0.321 e. The largest absolute Gasteiger partial charge is 0.396 e. The van der Waals surface area contributed by atoms with Crippen LogP contribution in [0.25, 0.3) is 0 Å². The molecular formula is C11H10O4. The third kappa shape index (κ3) is 0.358. The summed E-state index contributed by atoms with van der Waals surface area (Å²) in [5, 5.41) is 9.52. The molecule has 1 aliphatic heterocycles. The summed E-state index contributed by atoms with van der Waals surface area (Å²) in [5.74, 6) is 0.527. The second-order valence-electron chi connectivity index (χ2n) is 5.94. The van der Waals surface area contributed by atoms with Crippen LogP contribution in [0.4, 0.5) is 0 Å². The number of carbonyl (C=O) groups is 2. The minimum absolute atomic E-state index is 0.0604. The molecule has 1 heterocycles. The van der Waals surface area contributed by atoms with E-state index >= 15 is 0 Å². The van der Waals surface area contributed by atoms with Crippen LogP contribution in [0.5, 0.6) is 0 Å². The summed E-state index contributed by atoms with van der Waals surface area (Å²) in [6.45, 7) is 0.150. The highest BCUT2D eigenvalue weighted by atomic mass is 16.6. The fourth-order valence-electron chi connectivity index (χ4n) is 5.89. The summed E-state index contributed by atoms with van der Waals surface area (Å²) in [6, 6.07) is 0. The van der Waals surface area contributed by atoms with Crippen molar-refractivity contribution in [2.24, 2.45) is 34.0 Å². The lowest BCUT2D eigenvalue weighted by molar-refractivity contribution is -0.159. The molecule has 1 saturated heterocycles. The number of aliphatic hydroxyl groups excluding tert-OH is 1. The Morgan fingerprint density at radius 1 is 1.20 bits per heavy atom. The molecule has 78 valence electrons. The molecule has 4 atom stereocenters. The van der Waals surface area contributed by atoms with Crippen molar-refractivity contribution < 1.29 is 19.4 Å². The van der Waals surface area contributed by atoms with Crippen molar-refractivity contribution in [1.82, 2.24) is 0 Å². The van der Waals surface area contributed by atoms with E-state index in [9.17, 15) is 14.7 Å². The van der Waals surface area contributed by atoms with E-state index in [1.807, 2.05) is 0 Å². The van der Waals surface area contributed by atoms with Crippen LogP contribution in [0.3, 0.4) is 0 Å². The molecule has 0 amide bonds. The van der Waals surface area contributed by atoms with Crippen LogP contribution in [0.1, 0.15) is 12.8 Å². The van der Waals surface area contributed by atoms with Crippen LogP contribution in [0.2, 0.25) is 0 Å². The molecule has 0 bridgehead atoms. The van der Waals surface area contributed by atoms with Gasteiger partial charge in [-0.1, -0.05) is 0 Å². The molecule has 0 aromatic carbocycles. The highest BCUT2D eigenvalue weighted by Gasteiger charge is 3.06. The Kier molecular flexibility index (Phi) is 0.725. The van der Waals surface area contributed by atoms with Gasteiger partial charge in [-0.15, -0.1) is 0 Å². The Hall–Kier alpha value is -0.900. The molecule has 0 aromatic heterocycles. The molecule has 4 nitrogen and oxygen atoms in total. The molecule has 5 rings (SSSR count). The normalized spacial score (nSPS) is 70.3. The van der Waals surface area contributed by atoms with Crippen molar-refractivity contribution in [3.05, 3.63) is 0 Å². The van der Waals surface area contributed by atoms with E-state index in [2.05, 4.69) is 0 Å². The van der Waals surface area contributed by atoms with Gasteiger partial charge in [-0.2, -0.15) is 0 Å². The van der Waals surface area contributed by atoms with Crippen molar-refractivity contribution in [3.63, 3.8) is 0 Å². The van der Waals surface area contributed by atoms with Crippen molar-refractivity contribution in [1.29, 1.82) is 0 Å². The lowest BCUT2D eigenvalue weighted by atomic mass is 9.81. The molecule has 4 aliphatic carbocycles. The predicted molar refractivity (Wildman–Crippen MR) is 45.2 cm³/mol. The smallest absolute Gasteiger partial charge is 0.321 e. The number of ether oxygens (including phenoxy) is 1. The van der Waals surface area contributed by atoms with Crippen LogP contribution < -0.4 is 0 Å². The molecule has 15 heavy (non-hydrogen) atoms. The molecule has 5 aliphatic rings. The molecule has 5 fully saturated rings. The first-order valence-electron chi connectivity index (χ1n) is 5.54. The van der Waals surface area contributed by atoms with E-state index in [4.69, 9.17) is 4.74 Å². The second-order valence-corrected chi connectivity index (χ2v) is 5.94. The first-order valence-corrected chi connectivity index (χ1v) is 5.54. The number of aliphatic hydroxyl groups is 1. The topological polar surface area (TPSA) is 63.6 Å². The summed E-state index contributed by atoms with van der Waals surface area (Å²) in [5.41, 5.74) is -1.02. The maximum atomic E-state index is 11.8. The monoisotopic (exact) mass is 206 g/mol. The maximum absolute atomic E-state index is 11.8. The van der Waals surface area contributed by atoms with Crippen LogP contribution in [-0.2, 0) is 14.3 Å². The van der Waals surface area contributed by atoms with Gasteiger partial charge in [-0.25, -0.2) is 0 Å². The molecule has 4 heteroatoms. The van der Waals surface area contributed by atoms with Crippen LogP contribution in [-0.4, -0.2) is 23.7 Å². The zero-order valence-corrected chi connectivity index (χ0v) is 8.03. The van der Waals surface area contributed by atoms with Gasteiger partial charge in [-0.3, -0.25) is 9.59 Å².